The fraction of sp³-hybridized carbons (Fsp3) is 0. The predicted molar refractivity (Wildman–Crippen MR) is 72.6 cm³/mol. The topological polar surface area (TPSA) is 105 Å². The first-order valence-electron chi connectivity index (χ1n) is 5.37. The second kappa shape index (κ2) is 5.54. The molecule has 0 aliphatic heterocycles. The third-order valence-corrected chi connectivity index (χ3v) is 2.74. The molecule has 102 valence electrons. The number of nitro groups is 1. The van der Waals surface area contributed by atoms with Crippen LogP contribution in [0, 0.1) is 10.1 Å². The van der Waals surface area contributed by atoms with Crippen LogP contribution in [-0.2, 0) is 0 Å². The van der Waals surface area contributed by atoms with E-state index in [1.54, 1.807) is 0 Å². The third kappa shape index (κ3) is 3.01. The van der Waals surface area contributed by atoms with Gasteiger partial charge in [-0.25, -0.2) is 9.78 Å². The molecule has 0 saturated heterocycles. The summed E-state index contributed by atoms with van der Waals surface area (Å²) in [6, 6.07) is 7.07. The van der Waals surface area contributed by atoms with Gasteiger partial charge in [0, 0.05) is 11.8 Å². The van der Waals surface area contributed by atoms with Gasteiger partial charge in [0.1, 0.15) is 12.0 Å². The van der Waals surface area contributed by atoms with Crippen molar-refractivity contribution in [2.24, 2.45) is 0 Å². The summed E-state index contributed by atoms with van der Waals surface area (Å²) in [5.41, 5.74) is 0.407. The Labute approximate surface area is 118 Å². The van der Waals surface area contributed by atoms with E-state index >= 15 is 0 Å². The molecule has 0 atom stereocenters. The molecule has 2 N–H and O–H groups in total. The summed E-state index contributed by atoms with van der Waals surface area (Å²) in [6.07, 6.45) is 1.12. The van der Waals surface area contributed by atoms with Gasteiger partial charge in [-0.15, -0.1) is 0 Å². The van der Waals surface area contributed by atoms with Gasteiger partial charge in [-0.2, -0.15) is 0 Å². The second-order valence-corrected chi connectivity index (χ2v) is 4.19. The summed E-state index contributed by atoms with van der Waals surface area (Å²) < 4.78 is 0. The molecule has 0 bridgehead atoms. The van der Waals surface area contributed by atoms with Crippen molar-refractivity contribution >= 4 is 34.8 Å². The van der Waals surface area contributed by atoms with Gasteiger partial charge in [0.15, 0.2) is 0 Å². The second-order valence-electron chi connectivity index (χ2n) is 3.78. The van der Waals surface area contributed by atoms with E-state index in [9.17, 15) is 14.9 Å². The fourth-order valence-corrected chi connectivity index (χ4v) is 1.74. The van der Waals surface area contributed by atoms with Crippen LogP contribution in [0.1, 0.15) is 10.4 Å². The number of aromatic nitrogens is 1. The molecule has 0 amide bonds. The molecule has 2 aromatic rings. The number of nitrogens with zero attached hydrogens (tertiary/aromatic N) is 2. The number of rotatable bonds is 4. The van der Waals surface area contributed by atoms with Crippen molar-refractivity contribution in [1.29, 1.82) is 0 Å². The summed E-state index contributed by atoms with van der Waals surface area (Å²) in [7, 11) is 0. The molecule has 0 aliphatic carbocycles. The Morgan fingerprint density at radius 3 is 2.60 bits per heavy atom. The summed E-state index contributed by atoms with van der Waals surface area (Å²) in [5.74, 6) is -0.732. The quantitative estimate of drug-likeness (QED) is 0.663. The van der Waals surface area contributed by atoms with Crippen molar-refractivity contribution in [3.8, 4) is 0 Å². The van der Waals surface area contributed by atoms with E-state index in [-0.39, 0.29) is 16.3 Å². The molecule has 7 nitrogen and oxygen atoms in total. The number of nitrogens with one attached hydrogen (secondary N) is 1. The SMILES string of the molecule is O=C(O)c1ccc(Nc2ccc([N+](=O)[O-])cn2)cc1Cl. The van der Waals surface area contributed by atoms with Crippen LogP contribution in [0.25, 0.3) is 0 Å². The highest BCUT2D eigenvalue weighted by Gasteiger charge is 2.10. The smallest absolute Gasteiger partial charge is 0.337 e. The number of carboxylic acid groups (broad SMARTS) is 1. The van der Waals surface area contributed by atoms with E-state index in [2.05, 4.69) is 10.3 Å². The first kappa shape index (κ1) is 13.8. The molecule has 20 heavy (non-hydrogen) atoms. The Hall–Kier alpha value is -2.67. The Bertz CT molecular complexity index is 673. The first-order valence-corrected chi connectivity index (χ1v) is 5.75. The Balaban J connectivity index is 2.19. The van der Waals surface area contributed by atoms with E-state index in [0.29, 0.717) is 11.5 Å². The molecule has 1 heterocycles. The highest BCUT2D eigenvalue weighted by Crippen LogP contribution is 2.23. The minimum absolute atomic E-state index is 0.00567. The lowest BCUT2D eigenvalue weighted by molar-refractivity contribution is -0.385. The van der Waals surface area contributed by atoms with Gasteiger partial charge < -0.3 is 10.4 Å². The zero-order valence-corrected chi connectivity index (χ0v) is 10.7. The molecule has 8 heteroatoms. The average molecular weight is 294 g/mol. The lowest BCUT2D eigenvalue weighted by Crippen LogP contribution is -1.99. The lowest BCUT2D eigenvalue weighted by atomic mass is 10.2. The summed E-state index contributed by atoms with van der Waals surface area (Å²) in [4.78, 5) is 24.6. The zero-order valence-electron chi connectivity index (χ0n) is 9.91. The van der Waals surface area contributed by atoms with Gasteiger partial charge >= 0.3 is 5.97 Å². The summed E-state index contributed by atoms with van der Waals surface area (Å²) in [6.45, 7) is 0. The first-order chi connectivity index (χ1) is 9.47. The molecule has 0 radical (unpaired) electrons. The van der Waals surface area contributed by atoms with Crippen LogP contribution in [-0.4, -0.2) is 21.0 Å². The number of carboxylic acids is 1. The number of halogens is 1. The fourth-order valence-electron chi connectivity index (χ4n) is 1.48. The molecule has 0 aliphatic rings. The van der Waals surface area contributed by atoms with E-state index in [4.69, 9.17) is 16.7 Å². The van der Waals surface area contributed by atoms with Crippen LogP contribution in [0.4, 0.5) is 17.2 Å². The van der Waals surface area contributed by atoms with Crippen molar-refractivity contribution in [2.75, 3.05) is 5.32 Å². The maximum Gasteiger partial charge on any atom is 0.337 e. The van der Waals surface area contributed by atoms with Crippen LogP contribution in [0.3, 0.4) is 0 Å². The Morgan fingerprint density at radius 2 is 2.10 bits per heavy atom. The monoisotopic (exact) mass is 293 g/mol. The van der Waals surface area contributed by atoms with E-state index in [0.717, 1.165) is 6.20 Å². The van der Waals surface area contributed by atoms with Gasteiger partial charge in [-0.05, 0) is 24.3 Å². The largest absolute Gasteiger partial charge is 0.478 e. The predicted octanol–water partition coefficient (Wildman–Crippen LogP) is 3.09. The van der Waals surface area contributed by atoms with Crippen molar-refractivity contribution in [3.05, 3.63) is 57.2 Å². The number of aromatic carboxylic acids is 1. The number of hydrogen-bond acceptors (Lipinski definition) is 5. The summed E-state index contributed by atoms with van der Waals surface area (Å²) in [5, 5.41) is 22.3. The molecule has 1 aromatic heterocycles. The molecule has 1 aromatic carbocycles. The highest BCUT2D eigenvalue weighted by molar-refractivity contribution is 6.33. The van der Waals surface area contributed by atoms with Crippen molar-refractivity contribution < 1.29 is 14.8 Å². The minimum atomic E-state index is -1.12. The zero-order chi connectivity index (χ0) is 14.7. The van der Waals surface area contributed by atoms with Crippen molar-refractivity contribution in [2.45, 2.75) is 0 Å². The number of benzene rings is 1. The highest BCUT2D eigenvalue weighted by atomic mass is 35.5. The van der Waals surface area contributed by atoms with E-state index < -0.39 is 10.9 Å². The molecule has 2 rings (SSSR count). The van der Waals surface area contributed by atoms with Crippen LogP contribution < -0.4 is 5.32 Å². The third-order valence-electron chi connectivity index (χ3n) is 2.43. The van der Waals surface area contributed by atoms with Crippen LogP contribution >= 0.6 is 11.6 Å². The lowest BCUT2D eigenvalue weighted by Gasteiger charge is -2.06. The maximum atomic E-state index is 10.8. The normalized spacial score (nSPS) is 10.1. The molecule has 0 fully saturated rings. The number of pyridine rings is 1. The van der Waals surface area contributed by atoms with Gasteiger partial charge in [0.25, 0.3) is 5.69 Å². The van der Waals surface area contributed by atoms with Gasteiger partial charge in [-0.3, -0.25) is 10.1 Å². The number of hydrogen-bond donors (Lipinski definition) is 2. The van der Waals surface area contributed by atoms with E-state index in [1.165, 1.54) is 30.3 Å². The van der Waals surface area contributed by atoms with Crippen molar-refractivity contribution in [1.82, 2.24) is 4.98 Å². The van der Waals surface area contributed by atoms with Crippen LogP contribution in [0.15, 0.2) is 36.5 Å². The minimum Gasteiger partial charge on any atom is -0.478 e. The Kier molecular flexibility index (Phi) is 3.81. The number of carbonyl (C=O) groups is 1. The van der Waals surface area contributed by atoms with Gasteiger partial charge in [0.05, 0.1) is 15.5 Å². The van der Waals surface area contributed by atoms with E-state index in [1.807, 2.05) is 0 Å². The average Bonchev–Trinajstić information content (AvgIpc) is 2.39. The van der Waals surface area contributed by atoms with Crippen molar-refractivity contribution in [3.63, 3.8) is 0 Å². The maximum absolute atomic E-state index is 10.8. The molecular formula is C12H8ClN3O4. The standard InChI is InChI=1S/C12H8ClN3O4/c13-10-5-7(1-3-9(10)12(17)18)15-11-4-2-8(6-14-11)16(19)20/h1-6H,(H,14,15)(H,17,18). The van der Waals surface area contributed by atoms with Crippen LogP contribution in [0.5, 0.6) is 0 Å². The molecule has 0 saturated carbocycles. The molecular weight excluding hydrogens is 286 g/mol. The molecule has 0 spiro atoms. The van der Waals surface area contributed by atoms with Gasteiger partial charge in [-0.1, -0.05) is 11.6 Å². The summed E-state index contributed by atoms with van der Waals surface area (Å²) >= 11 is 5.83. The van der Waals surface area contributed by atoms with Gasteiger partial charge in [0.2, 0.25) is 0 Å². The Morgan fingerprint density at radius 1 is 1.35 bits per heavy atom. The molecule has 0 unspecified atom stereocenters. The van der Waals surface area contributed by atoms with Crippen LogP contribution in [0.2, 0.25) is 5.02 Å². The number of anilines is 2.